The monoisotopic (exact) mass is 246 g/mol. The molecule has 0 aromatic carbocycles. The summed E-state index contributed by atoms with van der Waals surface area (Å²) in [6, 6.07) is 0. The van der Waals surface area contributed by atoms with Crippen molar-refractivity contribution in [3.8, 4) is 0 Å². The van der Waals surface area contributed by atoms with Crippen LogP contribution in [0.4, 0.5) is 0 Å². The molecule has 0 unspecified atom stereocenters. The second kappa shape index (κ2) is 7.37. The molecule has 0 saturated heterocycles. The van der Waals surface area contributed by atoms with Gasteiger partial charge in [0.05, 0.1) is 33.7 Å². The summed E-state index contributed by atoms with van der Waals surface area (Å²) < 4.78 is 13.0. The zero-order chi connectivity index (χ0) is 13.4. The van der Waals surface area contributed by atoms with E-state index in [0.717, 1.165) is 21.3 Å². The molecular weight excluding hydrogens is 232 g/mol. The van der Waals surface area contributed by atoms with Crippen LogP contribution in [0.5, 0.6) is 0 Å². The van der Waals surface area contributed by atoms with E-state index in [1.807, 2.05) is 0 Å². The number of esters is 3. The SMILES string of the molecule is COC(=O)C[C@@H](CC(=O)C(=O)OC)C(=O)OC. The fourth-order valence-electron chi connectivity index (χ4n) is 1.11. The Labute approximate surface area is 98.0 Å². The van der Waals surface area contributed by atoms with Crippen LogP contribution in [0, 0.1) is 5.92 Å². The van der Waals surface area contributed by atoms with Gasteiger partial charge in [-0.15, -0.1) is 0 Å². The molecule has 0 saturated carbocycles. The molecule has 0 aromatic heterocycles. The molecule has 0 aliphatic heterocycles. The van der Waals surface area contributed by atoms with Gasteiger partial charge in [-0.1, -0.05) is 0 Å². The fraction of sp³-hybridized carbons (Fsp3) is 0.600. The van der Waals surface area contributed by atoms with Crippen molar-refractivity contribution in [2.45, 2.75) is 12.8 Å². The van der Waals surface area contributed by atoms with Gasteiger partial charge in [0.25, 0.3) is 0 Å². The zero-order valence-electron chi connectivity index (χ0n) is 9.85. The van der Waals surface area contributed by atoms with Gasteiger partial charge >= 0.3 is 17.9 Å². The van der Waals surface area contributed by atoms with Crippen molar-refractivity contribution in [2.75, 3.05) is 21.3 Å². The molecule has 7 nitrogen and oxygen atoms in total. The molecule has 0 aliphatic rings. The van der Waals surface area contributed by atoms with Gasteiger partial charge in [-0.3, -0.25) is 14.4 Å². The number of rotatable bonds is 6. The van der Waals surface area contributed by atoms with Crippen LogP contribution in [0.15, 0.2) is 0 Å². The van der Waals surface area contributed by atoms with E-state index in [0.29, 0.717) is 0 Å². The third-order valence-electron chi connectivity index (χ3n) is 2.02. The molecule has 7 heteroatoms. The van der Waals surface area contributed by atoms with Crippen molar-refractivity contribution in [1.82, 2.24) is 0 Å². The van der Waals surface area contributed by atoms with Gasteiger partial charge in [-0.2, -0.15) is 0 Å². The van der Waals surface area contributed by atoms with Gasteiger partial charge in [0.1, 0.15) is 0 Å². The highest BCUT2D eigenvalue weighted by atomic mass is 16.5. The minimum atomic E-state index is -1.07. The number of methoxy groups -OCH3 is 3. The second-order valence-corrected chi connectivity index (χ2v) is 3.12. The Hall–Kier alpha value is -1.92. The van der Waals surface area contributed by atoms with Crippen LogP contribution < -0.4 is 0 Å². The van der Waals surface area contributed by atoms with Crippen molar-refractivity contribution in [3.63, 3.8) is 0 Å². The maximum absolute atomic E-state index is 11.3. The van der Waals surface area contributed by atoms with E-state index in [1.54, 1.807) is 0 Å². The average Bonchev–Trinajstić information content (AvgIpc) is 2.35. The average molecular weight is 246 g/mol. The highest BCUT2D eigenvalue weighted by molar-refractivity contribution is 6.33. The van der Waals surface area contributed by atoms with E-state index >= 15 is 0 Å². The van der Waals surface area contributed by atoms with Crippen LogP contribution in [-0.4, -0.2) is 45.0 Å². The van der Waals surface area contributed by atoms with E-state index in [9.17, 15) is 19.2 Å². The first kappa shape index (κ1) is 15.1. The highest BCUT2D eigenvalue weighted by Crippen LogP contribution is 2.12. The molecule has 0 bridgehead atoms. The number of ketones is 1. The van der Waals surface area contributed by atoms with E-state index < -0.39 is 36.0 Å². The maximum Gasteiger partial charge on any atom is 0.374 e. The van der Waals surface area contributed by atoms with E-state index in [-0.39, 0.29) is 6.42 Å². The van der Waals surface area contributed by atoms with Crippen molar-refractivity contribution < 1.29 is 33.4 Å². The molecule has 0 fully saturated rings. The van der Waals surface area contributed by atoms with Crippen LogP contribution in [0.25, 0.3) is 0 Å². The summed E-state index contributed by atoms with van der Waals surface area (Å²) in [6.07, 6.45) is -0.777. The number of carbonyl (C=O) groups is 4. The van der Waals surface area contributed by atoms with Crippen LogP contribution in [0.3, 0.4) is 0 Å². The number of hydrogen-bond donors (Lipinski definition) is 0. The van der Waals surface area contributed by atoms with Crippen LogP contribution >= 0.6 is 0 Å². The van der Waals surface area contributed by atoms with Crippen molar-refractivity contribution >= 4 is 23.7 Å². The molecular formula is C10H14O7. The quantitative estimate of drug-likeness (QED) is 0.353. The number of ether oxygens (including phenoxy) is 3. The number of Topliss-reactive ketones (excluding diaryl/α,β-unsaturated/α-hetero) is 1. The van der Waals surface area contributed by atoms with Crippen LogP contribution in [0.1, 0.15) is 12.8 Å². The van der Waals surface area contributed by atoms with Crippen molar-refractivity contribution in [2.24, 2.45) is 5.92 Å². The largest absolute Gasteiger partial charge is 0.469 e. The number of hydrogen-bond acceptors (Lipinski definition) is 7. The van der Waals surface area contributed by atoms with E-state index in [1.165, 1.54) is 0 Å². The summed E-state index contributed by atoms with van der Waals surface area (Å²) in [4.78, 5) is 44.4. The standard InChI is InChI=1S/C10H14O7/c1-15-8(12)5-6(9(13)16-2)4-7(11)10(14)17-3/h6H,4-5H2,1-3H3/t6-/m1/s1. The summed E-state index contributed by atoms with van der Waals surface area (Å²) in [5.41, 5.74) is 0. The van der Waals surface area contributed by atoms with Gasteiger partial charge < -0.3 is 14.2 Å². The molecule has 0 aliphatic carbocycles. The Morgan fingerprint density at radius 3 is 1.88 bits per heavy atom. The Kier molecular flexibility index (Phi) is 6.54. The smallest absolute Gasteiger partial charge is 0.374 e. The molecule has 1 atom stereocenters. The first-order chi connectivity index (χ1) is 7.96. The molecule has 0 aromatic rings. The summed E-state index contributed by atoms with van der Waals surface area (Å²) in [5, 5.41) is 0. The van der Waals surface area contributed by atoms with Crippen LogP contribution in [-0.2, 0) is 33.4 Å². The highest BCUT2D eigenvalue weighted by Gasteiger charge is 2.29. The van der Waals surface area contributed by atoms with Crippen molar-refractivity contribution in [1.29, 1.82) is 0 Å². The second-order valence-electron chi connectivity index (χ2n) is 3.12. The van der Waals surface area contributed by atoms with E-state index in [4.69, 9.17) is 0 Å². The fourth-order valence-corrected chi connectivity index (χ4v) is 1.11. The third-order valence-corrected chi connectivity index (χ3v) is 2.02. The van der Waals surface area contributed by atoms with Gasteiger partial charge in [0.15, 0.2) is 0 Å². The molecule has 96 valence electrons. The normalized spacial score (nSPS) is 11.2. The lowest BCUT2D eigenvalue weighted by Gasteiger charge is -2.11. The minimum Gasteiger partial charge on any atom is -0.469 e. The Balaban J connectivity index is 4.60. The predicted molar refractivity (Wildman–Crippen MR) is 53.8 cm³/mol. The minimum absolute atomic E-state index is 0.327. The first-order valence-corrected chi connectivity index (χ1v) is 4.72. The number of carbonyl (C=O) groups excluding carboxylic acids is 4. The third kappa shape index (κ3) is 5.10. The summed E-state index contributed by atoms with van der Waals surface area (Å²) >= 11 is 0. The molecule has 17 heavy (non-hydrogen) atoms. The Bertz CT molecular complexity index is 321. The van der Waals surface area contributed by atoms with Crippen LogP contribution in [0.2, 0.25) is 0 Å². The van der Waals surface area contributed by atoms with Gasteiger partial charge in [0.2, 0.25) is 5.78 Å². The molecule has 0 radical (unpaired) electrons. The maximum atomic E-state index is 11.3. The molecule has 0 N–H and O–H groups in total. The Morgan fingerprint density at radius 1 is 0.882 bits per heavy atom. The lowest BCUT2D eigenvalue weighted by molar-refractivity contribution is -0.156. The van der Waals surface area contributed by atoms with Gasteiger partial charge in [-0.25, -0.2) is 4.79 Å². The molecule has 0 spiro atoms. The molecule has 0 heterocycles. The molecule has 0 amide bonds. The Morgan fingerprint density at radius 2 is 1.47 bits per heavy atom. The topological polar surface area (TPSA) is 96.0 Å². The summed E-state index contributed by atoms with van der Waals surface area (Å²) in [6.45, 7) is 0. The molecule has 0 rings (SSSR count). The summed E-state index contributed by atoms with van der Waals surface area (Å²) in [7, 11) is 3.32. The van der Waals surface area contributed by atoms with Gasteiger partial charge in [-0.05, 0) is 0 Å². The van der Waals surface area contributed by atoms with Gasteiger partial charge in [0, 0.05) is 6.42 Å². The summed E-state index contributed by atoms with van der Waals surface area (Å²) in [5.74, 6) is -4.43. The van der Waals surface area contributed by atoms with Crippen molar-refractivity contribution in [3.05, 3.63) is 0 Å². The lowest BCUT2D eigenvalue weighted by atomic mass is 9.99. The first-order valence-electron chi connectivity index (χ1n) is 4.72. The predicted octanol–water partition coefficient (Wildman–Crippen LogP) is -0.529. The van der Waals surface area contributed by atoms with E-state index in [2.05, 4.69) is 14.2 Å². The zero-order valence-corrected chi connectivity index (χ0v) is 9.85. The lowest BCUT2D eigenvalue weighted by Crippen LogP contribution is -2.27.